The highest BCUT2D eigenvalue weighted by Crippen LogP contribution is 2.24. The third kappa shape index (κ3) is 4.22. The number of nitrogens with one attached hydrogen (secondary N) is 1. The van der Waals surface area contributed by atoms with E-state index in [2.05, 4.69) is 5.32 Å². The van der Waals surface area contributed by atoms with Crippen molar-refractivity contribution in [3.05, 3.63) is 46.4 Å². The minimum absolute atomic E-state index is 0.0374. The Morgan fingerprint density at radius 1 is 1.38 bits per heavy atom. The standard InChI is InChI=1S/C19H21FN2O3S/c1-2-25-16-8-7-14(11-15(16)20)21-18(23)13-5-3-9-22(12-13)19(24)17-6-4-10-26-17/h4,6-8,10-11,13H,2-3,5,9,12H2,1H3,(H,21,23). The summed E-state index contributed by atoms with van der Waals surface area (Å²) < 4.78 is 19.1. The van der Waals surface area contributed by atoms with Gasteiger partial charge in [-0.1, -0.05) is 6.07 Å². The largest absolute Gasteiger partial charge is 0.491 e. The van der Waals surface area contributed by atoms with Crippen molar-refractivity contribution in [1.82, 2.24) is 4.90 Å². The molecule has 2 heterocycles. The second-order valence-corrected chi connectivity index (χ2v) is 7.08. The lowest BCUT2D eigenvalue weighted by molar-refractivity contribution is -0.121. The maximum Gasteiger partial charge on any atom is 0.263 e. The number of amides is 2. The Hall–Kier alpha value is -2.41. The number of hydrogen-bond acceptors (Lipinski definition) is 4. The molecule has 0 radical (unpaired) electrons. The molecule has 1 atom stereocenters. The van der Waals surface area contributed by atoms with Gasteiger partial charge >= 0.3 is 0 Å². The summed E-state index contributed by atoms with van der Waals surface area (Å²) in [5, 5.41) is 4.61. The number of hydrogen-bond donors (Lipinski definition) is 1. The molecule has 138 valence electrons. The Bertz CT molecular complexity index is 779. The molecule has 1 aromatic heterocycles. The van der Waals surface area contributed by atoms with Gasteiger partial charge < -0.3 is 15.0 Å². The molecule has 3 rings (SSSR count). The number of ether oxygens (including phenoxy) is 1. The molecule has 1 aromatic carbocycles. The molecule has 1 aliphatic rings. The number of carbonyl (C=O) groups excluding carboxylic acids is 2. The lowest BCUT2D eigenvalue weighted by atomic mass is 9.97. The molecule has 1 saturated heterocycles. The third-order valence-electron chi connectivity index (χ3n) is 4.31. The van der Waals surface area contributed by atoms with Gasteiger partial charge in [0.25, 0.3) is 5.91 Å². The second-order valence-electron chi connectivity index (χ2n) is 6.14. The molecular formula is C19H21FN2O3S. The molecule has 2 aromatic rings. The SMILES string of the molecule is CCOc1ccc(NC(=O)C2CCCN(C(=O)c3cccs3)C2)cc1F. The van der Waals surface area contributed by atoms with Gasteiger partial charge in [-0.05, 0) is 43.3 Å². The van der Waals surface area contributed by atoms with Crippen LogP contribution in [-0.4, -0.2) is 36.4 Å². The highest BCUT2D eigenvalue weighted by Gasteiger charge is 2.29. The maximum absolute atomic E-state index is 13.9. The van der Waals surface area contributed by atoms with E-state index in [1.165, 1.54) is 23.5 Å². The molecule has 1 unspecified atom stereocenters. The van der Waals surface area contributed by atoms with E-state index in [9.17, 15) is 14.0 Å². The van der Waals surface area contributed by atoms with Gasteiger partial charge in [0, 0.05) is 24.8 Å². The van der Waals surface area contributed by atoms with Gasteiger partial charge in [-0.25, -0.2) is 4.39 Å². The Morgan fingerprint density at radius 3 is 2.92 bits per heavy atom. The van der Waals surface area contributed by atoms with Gasteiger partial charge in [0.1, 0.15) is 0 Å². The van der Waals surface area contributed by atoms with Gasteiger partial charge in [0.05, 0.1) is 17.4 Å². The van der Waals surface area contributed by atoms with Crippen LogP contribution in [0.4, 0.5) is 10.1 Å². The van der Waals surface area contributed by atoms with Gasteiger partial charge in [-0.3, -0.25) is 9.59 Å². The Balaban J connectivity index is 1.62. The van der Waals surface area contributed by atoms with E-state index >= 15 is 0 Å². The Morgan fingerprint density at radius 2 is 2.23 bits per heavy atom. The molecule has 5 nitrogen and oxygen atoms in total. The number of piperidine rings is 1. The summed E-state index contributed by atoms with van der Waals surface area (Å²) >= 11 is 1.40. The Kier molecular flexibility index (Phi) is 5.88. The molecule has 0 aliphatic carbocycles. The van der Waals surface area contributed by atoms with Crippen LogP contribution in [-0.2, 0) is 4.79 Å². The monoisotopic (exact) mass is 376 g/mol. The summed E-state index contributed by atoms with van der Waals surface area (Å²) in [6.45, 7) is 3.18. The van der Waals surface area contributed by atoms with Gasteiger partial charge in [-0.2, -0.15) is 0 Å². The lowest BCUT2D eigenvalue weighted by Crippen LogP contribution is -2.43. The van der Waals surface area contributed by atoms with Crippen LogP contribution in [0.15, 0.2) is 35.7 Å². The minimum Gasteiger partial charge on any atom is -0.491 e. The van der Waals surface area contributed by atoms with Crippen LogP contribution in [0.25, 0.3) is 0 Å². The van der Waals surface area contributed by atoms with Crippen LogP contribution in [0.3, 0.4) is 0 Å². The number of nitrogens with zero attached hydrogens (tertiary/aromatic N) is 1. The van der Waals surface area contributed by atoms with E-state index in [-0.39, 0.29) is 23.5 Å². The van der Waals surface area contributed by atoms with Crippen molar-refractivity contribution in [2.24, 2.45) is 5.92 Å². The first-order valence-corrected chi connectivity index (χ1v) is 9.52. The summed E-state index contributed by atoms with van der Waals surface area (Å²) in [4.78, 5) is 27.4. The van der Waals surface area contributed by atoms with Crippen LogP contribution >= 0.6 is 11.3 Å². The van der Waals surface area contributed by atoms with Crippen molar-refractivity contribution < 1.29 is 18.7 Å². The van der Waals surface area contributed by atoms with Gasteiger partial charge in [-0.15, -0.1) is 11.3 Å². The van der Waals surface area contributed by atoms with Crippen LogP contribution in [0.5, 0.6) is 5.75 Å². The number of rotatable bonds is 5. The van der Waals surface area contributed by atoms with Crippen molar-refractivity contribution in [3.63, 3.8) is 0 Å². The number of anilines is 1. The summed E-state index contributed by atoms with van der Waals surface area (Å²) in [6, 6.07) is 8.00. The van der Waals surface area contributed by atoms with E-state index in [1.807, 2.05) is 11.4 Å². The molecule has 0 bridgehead atoms. The first-order chi connectivity index (χ1) is 12.6. The van der Waals surface area contributed by atoms with E-state index < -0.39 is 5.82 Å². The fourth-order valence-electron chi connectivity index (χ4n) is 3.03. The molecule has 0 spiro atoms. The highest BCUT2D eigenvalue weighted by atomic mass is 32.1. The number of likely N-dealkylation sites (tertiary alicyclic amines) is 1. The molecule has 26 heavy (non-hydrogen) atoms. The molecule has 1 aliphatic heterocycles. The fourth-order valence-corrected chi connectivity index (χ4v) is 3.72. The molecule has 2 amide bonds. The lowest BCUT2D eigenvalue weighted by Gasteiger charge is -2.31. The molecule has 1 N–H and O–H groups in total. The van der Waals surface area contributed by atoms with Gasteiger partial charge in [0.2, 0.25) is 5.91 Å². The van der Waals surface area contributed by atoms with Crippen molar-refractivity contribution in [2.45, 2.75) is 19.8 Å². The highest BCUT2D eigenvalue weighted by molar-refractivity contribution is 7.12. The predicted molar refractivity (Wildman–Crippen MR) is 99.1 cm³/mol. The van der Waals surface area contributed by atoms with E-state index in [1.54, 1.807) is 24.0 Å². The minimum atomic E-state index is -0.511. The second kappa shape index (κ2) is 8.31. The van der Waals surface area contributed by atoms with Crippen LogP contribution in [0, 0.1) is 11.7 Å². The summed E-state index contributed by atoms with van der Waals surface area (Å²) in [7, 11) is 0. The number of halogens is 1. The molecule has 1 fully saturated rings. The van der Waals surface area contributed by atoms with Crippen molar-refractivity contribution in [1.29, 1.82) is 0 Å². The zero-order valence-electron chi connectivity index (χ0n) is 14.5. The van der Waals surface area contributed by atoms with E-state index in [0.29, 0.717) is 36.7 Å². The zero-order valence-corrected chi connectivity index (χ0v) is 15.4. The summed E-state index contributed by atoms with van der Waals surface area (Å²) in [5.41, 5.74) is 0.387. The van der Waals surface area contributed by atoms with Crippen LogP contribution in [0.2, 0.25) is 0 Å². The fraction of sp³-hybridized carbons (Fsp3) is 0.368. The molecular weight excluding hydrogens is 355 g/mol. The number of carbonyl (C=O) groups is 2. The zero-order chi connectivity index (χ0) is 18.5. The smallest absolute Gasteiger partial charge is 0.263 e. The van der Waals surface area contributed by atoms with Crippen molar-refractivity contribution in [2.75, 3.05) is 25.0 Å². The third-order valence-corrected chi connectivity index (χ3v) is 5.17. The topological polar surface area (TPSA) is 58.6 Å². The predicted octanol–water partition coefficient (Wildman–Crippen LogP) is 3.78. The van der Waals surface area contributed by atoms with E-state index in [4.69, 9.17) is 4.74 Å². The van der Waals surface area contributed by atoms with Crippen LogP contribution < -0.4 is 10.1 Å². The summed E-state index contributed by atoms with van der Waals surface area (Å²) in [5.74, 6) is -0.886. The average molecular weight is 376 g/mol. The molecule has 0 saturated carbocycles. The maximum atomic E-state index is 13.9. The quantitative estimate of drug-likeness (QED) is 0.864. The first kappa shape index (κ1) is 18.4. The van der Waals surface area contributed by atoms with Gasteiger partial charge in [0.15, 0.2) is 11.6 Å². The van der Waals surface area contributed by atoms with Crippen LogP contribution in [0.1, 0.15) is 29.4 Å². The molecule has 7 heteroatoms. The number of benzene rings is 1. The normalized spacial score (nSPS) is 17.0. The van der Waals surface area contributed by atoms with Crippen molar-refractivity contribution in [3.8, 4) is 5.75 Å². The first-order valence-electron chi connectivity index (χ1n) is 8.64. The van der Waals surface area contributed by atoms with Crippen molar-refractivity contribution >= 4 is 28.8 Å². The summed E-state index contributed by atoms with van der Waals surface area (Å²) in [6.07, 6.45) is 1.48. The Labute approximate surface area is 155 Å². The average Bonchev–Trinajstić information content (AvgIpc) is 3.18. The van der Waals surface area contributed by atoms with E-state index in [0.717, 1.165) is 6.42 Å². The number of thiophene rings is 1.